The first kappa shape index (κ1) is 13.3. The molecule has 0 bridgehead atoms. The van der Waals surface area contributed by atoms with E-state index in [1.54, 1.807) is 0 Å². The van der Waals surface area contributed by atoms with Crippen molar-refractivity contribution in [1.29, 1.82) is 0 Å². The van der Waals surface area contributed by atoms with E-state index in [1.165, 1.54) is 51.6 Å². The molecule has 3 N–H and O–H groups in total. The van der Waals surface area contributed by atoms with Crippen LogP contribution in [0.3, 0.4) is 0 Å². The molecule has 1 saturated heterocycles. The molecule has 0 aromatic rings. The molecule has 0 radical (unpaired) electrons. The predicted molar refractivity (Wildman–Crippen MR) is 73.1 cm³/mol. The van der Waals surface area contributed by atoms with Crippen LogP contribution in [0.4, 0.5) is 0 Å². The quantitative estimate of drug-likeness (QED) is 0.785. The fourth-order valence-electron chi connectivity index (χ4n) is 3.51. The third-order valence-electron chi connectivity index (χ3n) is 4.76. The molecule has 0 amide bonds. The largest absolute Gasteiger partial charge is 0.329 e. The standard InChI is InChI=1S/C14H29N3/c1-12-4-5-13(10-12)16-14(11-15)6-3-8-17(2)9-7-14/h12-13,16H,3-11,15H2,1-2H3. The van der Waals surface area contributed by atoms with Gasteiger partial charge in [0.05, 0.1) is 0 Å². The van der Waals surface area contributed by atoms with Crippen LogP contribution < -0.4 is 11.1 Å². The summed E-state index contributed by atoms with van der Waals surface area (Å²) in [5.74, 6) is 0.899. The Kier molecular flexibility index (Phi) is 4.45. The van der Waals surface area contributed by atoms with Crippen LogP contribution in [0.15, 0.2) is 0 Å². The van der Waals surface area contributed by atoms with Crippen LogP contribution in [0.25, 0.3) is 0 Å². The molecule has 3 unspecified atom stereocenters. The van der Waals surface area contributed by atoms with Crippen molar-refractivity contribution in [2.45, 2.75) is 57.0 Å². The minimum Gasteiger partial charge on any atom is -0.329 e. The predicted octanol–water partition coefficient (Wildman–Crippen LogP) is 1.58. The van der Waals surface area contributed by atoms with Gasteiger partial charge in [0.15, 0.2) is 0 Å². The van der Waals surface area contributed by atoms with Crippen molar-refractivity contribution in [2.75, 3.05) is 26.7 Å². The lowest BCUT2D eigenvalue weighted by molar-refractivity contribution is 0.252. The molecule has 3 heteroatoms. The minimum atomic E-state index is 0.222. The topological polar surface area (TPSA) is 41.3 Å². The highest BCUT2D eigenvalue weighted by molar-refractivity contribution is 4.95. The summed E-state index contributed by atoms with van der Waals surface area (Å²) in [6, 6.07) is 0.719. The van der Waals surface area contributed by atoms with Gasteiger partial charge in [-0.15, -0.1) is 0 Å². The smallest absolute Gasteiger partial charge is 0.0319 e. The van der Waals surface area contributed by atoms with Crippen molar-refractivity contribution < 1.29 is 0 Å². The van der Waals surface area contributed by atoms with Gasteiger partial charge in [-0.1, -0.05) is 6.92 Å². The van der Waals surface area contributed by atoms with E-state index < -0.39 is 0 Å². The van der Waals surface area contributed by atoms with E-state index in [-0.39, 0.29) is 5.54 Å². The highest BCUT2D eigenvalue weighted by Gasteiger charge is 2.34. The van der Waals surface area contributed by atoms with Crippen molar-refractivity contribution in [1.82, 2.24) is 10.2 Å². The third kappa shape index (κ3) is 3.43. The van der Waals surface area contributed by atoms with Gasteiger partial charge < -0.3 is 16.0 Å². The van der Waals surface area contributed by atoms with Crippen LogP contribution in [-0.2, 0) is 0 Å². The van der Waals surface area contributed by atoms with Gasteiger partial charge in [-0.3, -0.25) is 0 Å². The second-order valence-electron chi connectivity index (χ2n) is 6.40. The SMILES string of the molecule is CC1CCC(NC2(CN)CCCN(C)CC2)C1. The first-order valence-corrected chi connectivity index (χ1v) is 7.30. The maximum Gasteiger partial charge on any atom is 0.0319 e. The average molecular weight is 239 g/mol. The van der Waals surface area contributed by atoms with Crippen LogP contribution >= 0.6 is 0 Å². The molecule has 3 atom stereocenters. The number of hydrogen-bond acceptors (Lipinski definition) is 3. The number of nitrogens with two attached hydrogens (primary N) is 1. The Hall–Kier alpha value is -0.120. The molecule has 0 aromatic heterocycles. The zero-order valence-corrected chi connectivity index (χ0v) is 11.5. The summed E-state index contributed by atoms with van der Waals surface area (Å²) in [6.45, 7) is 5.58. The van der Waals surface area contributed by atoms with Gasteiger partial charge >= 0.3 is 0 Å². The van der Waals surface area contributed by atoms with E-state index in [1.807, 2.05) is 0 Å². The molecular formula is C14H29N3. The second kappa shape index (κ2) is 5.68. The van der Waals surface area contributed by atoms with Gasteiger partial charge in [-0.25, -0.2) is 0 Å². The van der Waals surface area contributed by atoms with Gasteiger partial charge in [0, 0.05) is 18.1 Å². The lowest BCUT2D eigenvalue weighted by atomic mass is 9.89. The van der Waals surface area contributed by atoms with Crippen molar-refractivity contribution in [3.05, 3.63) is 0 Å². The first-order valence-electron chi connectivity index (χ1n) is 7.30. The Morgan fingerprint density at radius 1 is 1.29 bits per heavy atom. The number of nitrogens with zero attached hydrogens (tertiary/aromatic N) is 1. The highest BCUT2D eigenvalue weighted by atomic mass is 15.1. The molecule has 1 heterocycles. The summed E-state index contributed by atoms with van der Waals surface area (Å²) < 4.78 is 0. The van der Waals surface area contributed by atoms with Gasteiger partial charge in [-0.05, 0) is 64.6 Å². The van der Waals surface area contributed by atoms with Crippen LogP contribution in [0, 0.1) is 5.92 Å². The molecule has 2 fully saturated rings. The van der Waals surface area contributed by atoms with Crippen LogP contribution in [0.1, 0.15) is 45.4 Å². The number of likely N-dealkylation sites (tertiary alicyclic amines) is 1. The normalized spacial score (nSPS) is 40.4. The summed E-state index contributed by atoms with van der Waals surface area (Å²) in [5, 5.41) is 3.92. The average Bonchev–Trinajstić information content (AvgIpc) is 2.61. The van der Waals surface area contributed by atoms with E-state index in [2.05, 4.69) is 24.2 Å². The van der Waals surface area contributed by atoms with E-state index in [4.69, 9.17) is 5.73 Å². The summed E-state index contributed by atoms with van der Waals surface area (Å²) >= 11 is 0. The number of rotatable bonds is 3. The number of nitrogens with one attached hydrogen (secondary N) is 1. The highest BCUT2D eigenvalue weighted by Crippen LogP contribution is 2.29. The summed E-state index contributed by atoms with van der Waals surface area (Å²) in [7, 11) is 2.23. The Balaban J connectivity index is 1.93. The van der Waals surface area contributed by atoms with E-state index >= 15 is 0 Å². The molecule has 2 rings (SSSR count). The third-order valence-corrected chi connectivity index (χ3v) is 4.76. The fourth-order valence-corrected chi connectivity index (χ4v) is 3.51. The molecule has 17 heavy (non-hydrogen) atoms. The lowest BCUT2D eigenvalue weighted by Crippen LogP contribution is -2.55. The van der Waals surface area contributed by atoms with Crippen LogP contribution in [0.5, 0.6) is 0 Å². The van der Waals surface area contributed by atoms with E-state index in [0.29, 0.717) is 0 Å². The lowest BCUT2D eigenvalue weighted by Gasteiger charge is -2.36. The molecule has 2 aliphatic rings. The van der Waals surface area contributed by atoms with Gasteiger partial charge in [0.1, 0.15) is 0 Å². The fraction of sp³-hybridized carbons (Fsp3) is 1.00. The molecule has 1 saturated carbocycles. The van der Waals surface area contributed by atoms with E-state index in [9.17, 15) is 0 Å². The molecule has 0 spiro atoms. The second-order valence-corrected chi connectivity index (χ2v) is 6.40. The van der Waals surface area contributed by atoms with Crippen molar-refractivity contribution in [2.24, 2.45) is 11.7 Å². The molecule has 100 valence electrons. The molecule has 3 nitrogen and oxygen atoms in total. The Morgan fingerprint density at radius 2 is 2.12 bits per heavy atom. The summed E-state index contributed by atoms with van der Waals surface area (Å²) in [6.07, 6.45) is 7.82. The molecule has 0 aromatic carbocycles. The van der Waals surface area contributed by atoms with Gasteiger partial charge in [0.25, 0.3) is 0 Å². The zero-order valence-electron chi connectivity index (χ0n) is 11.5. The Labute approximate surface area is 106 Å². The molecule has 1 aliphatic heterocycles. The Bertz CT molecular complexity index is 244. The van der Waals surface area contributed by atoms with Crippen molar-refractivity contribution >= 4 is 0 Å². The van der Waals surface area contributed by atoms with Gasteiger partial charge in [0.2, 0.25) is 0 Å². The van der Waals surface area contributed by atoms with E-state index in [0.717, 1.165) is 18.5 Å². The number of hydrogen-bond donors (Lipinski definition) is 2. The summed E-state index contributed by atoms with van der Waals surface area (Å²) in [4.78, 5) is 2.44. The monoisotopic (exact) mass is 239 g/mol. The minimum absolute atomic E-state index is 0.222. The first-order chi connectivity index (χ1) is 8.13. The maximum atomic E-state index is 6.08. The zero-order chi connectivity index (χ0) is 12.3. The van der Waals surface area contributed by atoms with Crippen molar-refractivity contribution in [3.63, 3.8) is 0 Å². The van der Waals surface area contributed by atoms with Crippen molar-refractivity contribution in [3.8, 4) is 0 Å². The van der Waals surface area contributed by atoms with Crippen LogP contribution in [-0.4, -0.2) is 43.2 Å². The Morgan fingerprint density at radius 3 is 2.76 bits per heavy atom. The van der Waals surface area contributed by atoms with Crippen LogP contribution in [0.2, 0.25) is 0 Å². The molecular weight excluding hydrogens is 210 g/mol. The maximum absolute atomic E-state index is 6.08. The molecule has 1 aliphatic carbocycles. The summed E-state index contributed by atoms with van der Waals surface area (Å²) in [5.41, 5.74) is 6.31. The van der Waals surface area contributed by atoms with Gasteiger partial charge in [-0.2, -0.15) is 0 Å².